The number of rotatable bonds is 6. The molecule has 0 atom stereocenters. The van der Waals surface area contributed by atoms with E-state index in [-0.39, 0.29) is 0 Å². The minimum atomic E-state index is 0.397. The SMILES string of the molecule is Cc1ccc(OCCOc2ccc(Cl)cc2CN)c(C)c1. The highest BCUT2D eigenvalue weighted by atomic mass is 35.5. The molecular formula is C17H20ClNO2. The molecule has 2 aromatic rings. The number of hydrogen-bond donors (Lipinski definition) is 1. The van der Waals surface area contributed by atoms with Gasteiger partial charge in [0.15, 0.2) is 0 Å². The Balaban J connectivity index is 1.87. The van der Waals surface area contributed by atoms with Crippen LogP contribution in [0.25, 0.3) is 0 Å². The second-order valence-electron chi connectivity index (χ2n) is 4.92. The van der Waals surface area contributed by atoms with Crippen LogP contribution in [0.4, 0.5) is 0 Å². The van der Waals surface area contributed by atoms with Crippen molar-refractivity contribution in [2.75, 3.05) is 13.2 Å². The number of ether oxygens (including phenoxy) is 2. The fourth-order valence-corrected chi connectivity index (χ4v) is 2.31. The summed E-state index contributed by atoms with van der Waals surface area (Å²) in [5.74, 6) is 1.64. The topological polar surface area (TPSA) is 44.5 Å². The molecule has 2 N–H and O–H groups in total. The van der Waals surface area contributed by atoms with Gasteiger partial charge < -0.3 is 15.2 Å². The van der Waals surface area contributed by atoms with Crippen molar-refractivity contribution in [1.82, 2.24) is 0 Å². The van der Waals surface area contributed by atoms with Crippen LogP contribution in [0.5, 0.6) is 11.5 Å². The Morgan fingerprint density at radius 3 is 2.29 bits per heavy atom. The highest BCUT2D eigenvalue weighted by molar-refractivity contribution is 6.30. The highest BCUT2D eigenvalue weighted by Gasteiger charge is 2.04. The zero-order valence-corrected chi connectivity index (χ0v) is 13.1. The maximum Gasteiger partial charge on any atom is 0.124 e. The van der Waals surface area contributed by atoms with E-state index in [0.717, 1.165) is 22.6 Å². The Labute approximate surface area is 130 Å². The van der Waals surface area contributed by atoms with Gasteiger partial charge in [-0.25, -0.2) is 0 Å². The van der Waals surface area contributed by atoms with Crippen LogP contribution in [-0.2, 0) is 6.54 Å². The third-order valence-electron chi connectivity index (χ3n) is 3.17. The molecule has 3 nitrogen and oxygen atoms in total. The normalized spacial score (nSPS) is 10.5. The molecule has 0 amide bonds. The molecule has 2 rings (SSSR count). The van der Waals surface area contributed by atoms with E-state index >= 15 is 0 Å². The molecule has 0 bridgehead atoms. The van der Waals surface area contributed by atoms with E-state index in [0.29, 0.717) is 24.8 Å². The van der Waals surface area contributed by atoms with Gasteiger partial charge in [-0.2, -0.15) is 0 Å². The second kappa shape index (κ2) is 7.34. The first kappa shape index (κ1) is 15.7. The van der Waals surface area contributed by atoms with Gasteiger partial charge in [0.25, 0.3) is 0 Å². The van der Waals surface area contributed by atoms with E-state index < -0.39 is 0 Å². The van der Waals surface area contributed by atoms with Crippen molar-refractivity contribution in [3.63, 3.8) is 0 Å². The molecule has 0 fully saturated rings. The van der Waals surface area contributed by atoms with E-state index in [9.17, 15) is 0 Å². The Morgan fingerprint density at radius 1 is 0.952 bits per heavy atom. The fourth-order valence-electron chi connectivity index (χ4n) is 2.11. The van der Waals surface area contributed by atoms with Crippen LogP contribution in [-0.4, -0.2) is 13.2 Å². The molecule has 0 aliphatic rings. The molecule has 21 heavy (non-hydrogen) atoms. The van der Waals surface area contributed by atoms with Crippen molar-refractivity contribution in [3.8, 4) is 11.5 Å². The molecule has 0 unspecified atom stereocenters. The minimum Gasteiger partial charge on any atom is -0.490 e. The van der Waals surface area contributed by atoms with Crippen LogP contribution in [0.15, 0.2) is 36.4 Å². The van der Waals surface area contributed by atoms with E-state index in [1.165, 1.54) is 5.56 Å². The maximum atomic E-state index is 5.93. The lowest BCUT2D eigenvalue weighted by Crippen LogP contribution is -2.11. The van der Waals surface area contributed by atoms with Crippen LogP contribution < -0.4 is 15.2 Å². The molecule has 0 saturated carbocycles. The van der Waals surface area contributed by atoms with Crippen LogP contribution in [0.2, 0.25) is 5.02 Å². The molecule has 0 aromatic heterocycles. The van der Waals surface area contributed by atoms with Gasteiger partial charge in [0, 0.05) is 17.1 Å². The summed E-state index contributed by atoms with van der Waals surface area (Å²) >= 11 is 5.93. The summed E-state index contributed by atoms with van der Waals surface area (Å²) in [6, 6.07) is 11.6. The first-order valence-electron chi connectivity index (χ1n) is 6.91. The summed E-state index contributed by atoms with van der Waals surface area (Å²) in [5.41, 5.74) is 8.93. The Kier molecular flexibility index (Phi) is 5.48. The van der Waals surface area contributed by atoms with Gasteiger partial charge in [0.05, 0.1) is 0 Å². The number of hydrogen-bond acceptors (Lipinski definition) is 3. The highest BCUT2D eigenvalue weighted by Crippen LogP contribution is 2.23. The third-order valence-corrected chi connectivity index (χ3v) is 3.41. The van der Waals surface area contributed by atoms with Gasteiger partial charge in [-0.05, 0) is 43.7 Å². The lowest BCUT2D eigenvalue weighted by Gasteiger charge is -2.13. The third kappa shape index (κ3) is 4.38. The van der Waals surface area contributed by atoms with Crippen LogP contribution >= 0.6 is 11.6 Å². The summed E-state index contributed by atoms with van der Waals surface area (Å²) in [6.07, 6.45) is 0. The molecule has 0 spiro atoms. The molecule has 4 heteroatoms. The maximum absolute atomic E-state index is 5.93. The zero-order valence-electron chi connectivity index (χ0n) is 12.4. The number of benzene rings is 2. The molecule has 0 saturated heterocycles. The Hall–Kier alpha value is -1.71. The minimum absolute atomic E-state index is 0.397. The first-order chi connectivity index (χ1) is 10.1. The summed E-state index contributed by atoms with van der Waals surface area (Å²) in [7, 11) is 0. The largest absolute Gasteiger partial charge is 0.490 e. The van der Waals surface area contributed by atoms with Crippen molar-refractivity contribution in [2.45, 2.75) is 20.4 Å². The molecule has 0 heterocycles. The van der Waals surface area contributed by atoms with E-state index in [1.807, 2.05) is 31.2 Å². The predicted octanol–water partition coefficient (Wildman–Crippen LogP) is 3.87. The summed E-state index contributed by atoms with van der Waals surface area (Å²) in [4.78, 5) is 0. The molecule has 0 aliphatic carbocycles. The van der Waals surface area contributed by atoms with Crippen molar-refractivity contribution < 1.29 is 9.47 Å². The zero-order chi connectivity index (χ0) is 15.2. The fraction of sp³-hybridized carbons (Fsp3) is 0.294. The van der Waals surface area contributed by atoms with Gasteiger partial charge in [0.2, 0.25) is 0 Å². The van der Waals surface area contributed by atoms with Crippen LogP contribution in [0.1, 0.15) is 16.7 Å². The van der Waals surface area contributed by atoms with E-state index in [2.05, 4.69) is 13.0 Å². The van der Waals surface area contributed by atoms with Gasteiger partial charge in [-0.1, -0.05) is 29.3 Å². The smallest absolute Gasteiger partial charge is 0.124 e. The Bertz CT molecular complexity index is 614. The lowest BCUT2D eigenvalue weighted by atomic mass is 10.1. The second-order valence-corrected chi connectivity index (χ2v) is 5.36. The Morgan fingerprint density at radius 2 is 1.62 bits per heavy atom. The molecule has 112 valence electrons. The van der Waals surface area contributed by atoms with Gasteiger partial charge in [-0.15, -0.1) is 0 Å². The van der Waals surface area contributed by atoms with Crippen molar-refractivity contribution >= 4 is 11.6 Å². The molecular weight excluding hydrogens is 286 g/mol. The van der Waals surface area contributed by atoms with E-state index in [4.69, 9.17) is 26.8 Å². The van der Waals surface area contributed by atoms with Crippen LogP contribution in [0.3, 0.4) is 0 Å². The lowest BCUT2D eigenvalue weighted by molar-refractivity contribution is 0.215. The average Bonchev–Trinajstić information content (AvgIpc) is 2.46. The number of nitrogens with two attached hydrogens (primary N) is 1. The summed E-state index contributed by atoms with van der Waals surface area (Å²) < 4.78 is 11.4. The van der Waals surface area contributed by atoms with Crippen LogP contribution in [0, 0.1) is 13.8 Å². The number of aryl methyl sites for hydroxylation is 2. The standard InChI is InChI=1S/C17H20ClNO2/c1-12-3-5-16(13(2)9-12)20-7-8-21-17-6-4-15(18)10-14(17)11-19/h3-6,9-10H,7-8,11,19H2,1-2H3. The van der Waals surface area contributed by atoms with Crippen molar-refractivity contribution in [3.05, 3.63) is 58.1 Å². The predicted molar refractivity (Wildman–Crippen MR) is 86.2 cm³/mol. The molecule has 0 radical (unpaired) electrons. The van der Waals surface area contributed by atoms with Crippen molar-refractivity contribution in [1.29, 1.82) is 0 Å². The summed E-state index contributed by atoms with van der Waals surface area (Å²) in [6.45, 7) is 5.44. The van der Waals surface area contributed by atoms with Crippen molar-refractivity contribution in [2.24, 2.45) is 5.73 Å². The average molecular weight is 306 g/mol. The number of halogens is 1. The van der Waals surface area contributed by atoms with Gasteiger partial charge in [-0.3, -0.25) is 0 Å². The van der Waals surface area contributed by atoms with E-state index in [1.54, 1.807) is 6.07 Å². The quantitative estimate of drug-likeness (QED) is 0.824. The van der Waals surface area contributed by atoms with Gasteiger partial charge >= 0.3 is 0 Å². The molecule has 2 aromatic carbocycles. The first-order valence-corrected chi connectivity index (χ1v) is 7.29. The van der Waals surface area contributed by atoms with Gasteiger partial charge in [0.1, 0.15) is 24.7 Å². The molecule has 0 aliphatic heterocycles. The monoisotopic (exact) mass is 305 g/mol. The summed E-state index contributed by atoms with van der Waals surface area (Å²) in [5, 5.41) is 0.661.